The van der Waals surface area contributed by atoms with Crippen LogP contribution in [0.25, 0.3) is 16.9 Å². The molecule has 0 aliphatic heterocycles. The Hall–Kier alpha value is -3.61. The summed E-state index contributed by atoms with van der Waals surface area (Å²) in [5.41, 5.74) is 1.70. The quantitative estimate of drug-likeness (QED) is 0.549. The number of hydrogen-bond donors (Lipinski definition) is 0. The first-order valence-electron chi connectivity index (χ1n) is 10.2. The van der Waals surface area contributed by atoms with Crippen LogP contribution in [-0.2, 0) is 9.47 Å². The van der Waals surface area contributed by atoms with E-state index in [4.69, 9.17) is 14.2 Å². The molecule has 7 nitrogen and oxygen atoms in total. The Balaban J connectivity index is 1.80. The molecule has 0 radical (unpaired) electrons. The van der Waals surface area contributed by atoms with Gasteiger partial charge in [0.1, 0.15) is 17.0 Å². The molecule has 31 heavy (non-hydrogen) atoms. The summed E-state index contributed by atoms with van der Waals surface area (Å²) in [6, 6.07) is 16.5. The van der Waals surface area contributed by atoms with Gasteiger partial charge in [-0.05, 0) is 62.1 Å². The fourth-order valence-corrected chi connectivity index (χ4v) is 3.85. The molecule has 0 bridgehead atoms. The van der Waals surface area contributed by atoms with Gasteiger partial charge in [0.2, 0.25) is 0 Å². The second-order valence-corrected chi connectivity index (χ2v) is 7.35. The summed E-state index contributed by atoms with van der Waals surface area (Å²) in [5, 5.41) is 4.60. The molecule has 7 heteroatoms. The SMILES string of the molecule is COC(=O)c1c(-c2ccc(OC3CCCC3)cc2)nn(-c2ccccc2)c1C(=O)OC. The fourth-order valence-electron chi connectivity index (χ4n) is 3.85. The van der Waals surface area contributed by atoms with Crippen LogP contribution in [0.1, 0.15) is 46.5 Å². The maximum atomic E-state index is 12.7. The Morgan fingerprint density at radius 3 is 2.16 bits per heavy atom. The van der Waals surface area contributed by atoms with Crippen LogP contribution in [0, 0.1) is 0 Å². The van der Waals surface area contributed by atoms with Crippen molar-refractivity contribution in [3.8, 4) is 22.7 Å². The predicted octanol–water partition coefficient (Wildman–Crippen LogP) is 4.43. The Morgan fingerprint density at radius 1 is 0.903 bits per heavy atom. The number of esters is 2. The molecular weight excluding hydrogens is 396 g/mol. The highest BCUT2D eigenvalue weighted by molar-refractivity contribution is 6.06. The molecule has 1 aliphatic carbocycles. The van der Waals surface area contributed by atoms with Gasteiger partial charge in [-0.3, -0.25) is 0 Å². The van der Waals surface area contributed by atoms with Gasteiger partial charge < -0.3 is 14.2 Å². The monoisotopic (exact) mass is 420 g/mol. The first-order chi connectivity index (χ1) is 15.1. The van der Waals surface area contributed by atoms with E-state index >= 15 is 0 Å². The number of aromatic nitrogens is 2. The van der Waals surface area contributed by atoms with Crippen molar-refractivity contribution in [1.82, 2.24) is 9.78 Å². The third-order valence-electron chi connectivity index (χ3n) is 5.39. The maximum absolute atomic E-state index is 12.7. The summed E-state index contributed by atoms with van der Waals surface area (Å²) in [6.45, 7) is 0. The maximum Gasteiger partial charge on any atom is 0.357 e. The minimum absolute atomic E-state index is 0.0156. The van der Waals surface area contributed by atoms with Crippen LogP contribution in [-0.4, -0.2) is 42.0 Å². The topological polar surface area (TPSA) is 79.7 Å². The molecule has 1 aliphatic rings. The van der Waals surface area contributed by atoms with Crippen LogP contribution in [0.15, 0.2) is 54.6 Å². The van der Waals surface area contributed by atoms with Crippen molar-refractivity contribution < 1.29 is 23.8 Å². The van der Waals surface area contributed by atoms with Crippen LogP contribution in [0.2, 0.25) is 0 Å². The molecular formula is C24H24N2O5. The van der Waals surface area contributed by atoms with Gasteiger partial charge in [0, 0.05) is 5.56 Å². The van der Waals surface area contributed by atoms with Crippen molar-refractivity contribution in [2.75, 3.05) is 14.2 Å². The van der Waals surface area contributed by atoms with Crippen molar-refractivity contribution >= 4 is 11.9 Å². The number of ether oxygens (including phenoxy) is 3. The van der Waals surface area contributed by atoms with E-state index in [2.05, 4.69) is 5.10 Å². The van der Waals surface area contributed by atoms with Crippen LogP contribution < -0.4 is 4.74 Å². The lowest BCUT2D eigenvalue weighted by molar-refractivity contribution is 0.0549. The molecule has 0 atom stereocenters. The summed E-state index contributed by atoms with van der Waals surface area (Å²) in [4.78, 5) is 25.3. The minimum atomic E-state index is -0.677. The first kappa shape index (κ1) is 20.7. The van der Waals surface area contributed by atoms with Crippen LogP contribution in [0.4, 0.5) is 0 Å². The van der Waals surface area contributed by atoms with Crippen molar-refractivity contribution in [3.63, 3.8) is 0 Å². The lowest BCUT2D eigenvalue weighted by Gasteiger charge is -2.13. The summed E-state index contributed by atoms with van der Waals surface area (Å²) in [5.74, 6) is -0.570. The third kappa shape index (κ3) is 4.17. The van der Waals surface area contributed by atoms with Gasteiger partial charge in [-0.1, -0.05) is 18.2 Å². The Bertz CT molecular complexity index is 1070. The molecule has 1 aromatic heterocycles. The molecule has 0 spiro atoms. The van der Waals surface area contributed by atoms with E-state index in [1.807, 2.05) is 42.5 Å². The van der Waals surface area contributed by atoms with Crippen LogP contribution in [0.5, 0.6) is 5.75 Å². The number of nitrogens with zero attached hydrogens (tertiary/aromatic N) is 2. The second-order valence-electron chi connectivity index (χ2n) is 7.35. The molecule has 160 valence electrons. The van der Waals surface area contributed by atoms with Gasteiger partial charge in [0.05, 0.1) is 26.0 Å². The second kappa shape index (κ2) is 9.04. The van der Waals surface area contributed by atoms with Gasteiger partial charge in [-0.2, -0.15) is 5.10 Å². The highest BCUT2D eigenvalue weighted by Crippen LogP contribution is 2.31. The van der Waals surface area contributed by atoms with Gasteiger partial charge in [0.15, 0.2) is 5.69 Å². The lowest BCUT2D eigenvalue weighted by Crippen LogP contribution is -2.15. The molecule has 3 aromatic rings. The van der Waals surface area contributed by atoms with Gasteiger partial charge in [-0.15, -0.1) is 0 Å². The smallest absolute Gasteiger partial charge is 0.357 e. The molecule has 4 rings (SSSR count). The van der Waals surface area contributed by atoms with E-state index in [9.17, 15) is 9.59 Å². The number of carbonyl (C=O) groups is 2. The van der Waals surface area contributed by atoms with Crippen molar-refractivity contribution in [1.29, 1.82) is 0 Å². The Labute approximate surface area is 180 Å². The van der Waals surface area contributed by atoms with Crippen molar-refractivity contribution in [2.45, 2.75) is 31.8 Å². The number of rotatable bonds is 6. The fraction of sp³-hybridized carbons (Fsp3) is 0.292. The average Bonchev–Trinajstić information content (AvgIpc) is 3.47. The molecule has 0 N–H and O–H groups in total. The van der Waals surface area contributed by atoms with E-state index in [0.717, 1.165) is 18.6 Å². The van der Waals surface area contributed by atoms with E-state index in [0.29, 0.717) is 16.9 Å². The molecule has 0 saturated heterocycles. The van der Waals surface area contributed by atoms with Crippen molar-refractivity contribution in [2.24, 2.45) is 0 Å². The summed E-state index contributed by atoms with van der Waals surface area (Å²) < 4.78 is 17.4. The molecule has 2 aromatic carbocycles. The summed E-state index contributed by atoms with van der Waals surface area (Å²) >= 11 is 0. The van der Waals surface area contributed by atoms with E-state index in [-0.39, 0.29) is 17.4 Å². The number of methoxy groups -OCH3 is 2. The zero-order valence-corrected chi connectivity index (χ0v) is 17.5. The molecule has 1 fully saturated rings. The predicted molar refractivity (Wildman–Crippen MR) is 115 cm³/mol. The van der Waals surface area contributed by atoms with E-state index in [1.165, 1.54) is 31.7 Å². The lowest BCUT2D eigenvalue weighted by atomic mass is 10.1. The Morgan fingerprint density at radius 2 is 1.55 bits per heavy atom. The zero-order valence-electron chi connectivity index (χ0n) is 17.5. The van der Waals surface area contributed by atoms with Crippen LogP contribution >= 0.6 is 0 Å². The van der Waals surface area contributed by atoms with Crippen molar-refractivity contribution in [3.05, 3.63) is 65.9 Å². The largest absolute Gasteiger partial charge is 0.490 e. The number of hydrogen-bond acceptors (Lipinski definition) is 6. The molecule has 0 amide bonds. The zero-order chi connectivity index (χ0) is 21.8. The highest BCUT2D eigenvalue weighted by Gasteiger charge is 2.31. The molecule has 1 heterocycles. The van der Waals surface area contributed by atoms with Gasteiger partial charge in [0.25, 0.3) is 0 Å². The number of carbonyl (C=O) groups excluding carboxylic acids is 2. The number of para-hydroxylation sites is 1. The summed E-state index contributed by atoms with van der Waals surface area (Å²) in [6.07, 6.45) is 4.77. The Kier molecular flexibility index (Phi) is 6.02. The normalized spacial score (nSPS) is 13.7. The third-order valence-corrected chi connectivity index (χ3v) is 5.39. The first-order valence-corrected chi connectivity index (χ1v) is 10.2. The van der Waals surface area contributed by atoms with E-state index in [1.54, 1.807) is 12.1 Å². The minimum Gasteiger partial charge on any atom is -0.490 e. The van der Waals surface area contributed by atoms with Gasteiger partial charge in [-0.25, -0.2) is 14.3 Å². The molecule has 1 saturated carbocycles. The highest BCUT2D eigenvalue weighted by atomic mass is 16.5. The van der Waals surface area contributed by atoms with Gasteiger partial charge >= 0.3 is 11.9 Å². The standard InChI is InChI=1S/C24H24N2O5/c1-29-23(27)20-21(16-12-14-19(15-13-16)31-18-10-6-7-11-18)25-26(22(20)24(28)30-2)17-8-4-3-5-9-17/h3-5,8-9,12-15,18H,6-7,10-11H2,1-2H3. The van der Waals surface area contributed by atoms with Crippen LogP contribution in [0.3, 0.4) is 0 Å². The number of benzene rings is 2. The molecule has 0 unspecified atom stereocenters. The summed E-state index contributed by atoms with van der Waals surface area (Å²) in [7, 11) is 2.53. The average molecular weight is 420 g/mol. The van der Waals surface area contributed by atoms with E-state index < -0.39 is 11.9 Å².